The maximum atomic E-state index is 10.6. The second-order valence-electron chi connectivity index (χ2n) is 2.21. The molecule has 0 fully saturated rings. The minimum absolute atomic E-state index is 0.0447. The third kappa shape index (κ3) is 2.07. The number of carboxylic acid groups (broad SMARTS) is 2. The Bertz CT molecular complexity index is 397. The van der Waals surface area contributed by atoms with Crippen LogP contribution in [0.2, 0.25) is 0 Å². The first-order valence-electron chi connectivity index (χ1n) is 3.35. The van der Waals surface area contributed by atoms with Crippen LogP contribution < -0.4 is 10.4 Å². The highest BCUT2D eigenvalue weighted by Crippen LogP contribution is 2.21. The van der Waals surface area contributed by atoms with Gasteiger partial charge in [-0.2, -0.15) is 0 Å². The van der Waals surface area contributed by atoms with Crippen molar-refractivity contribution in [2.45, 2.75) is 0 Å². The normalized spacial score (nSPS) is 9.43. The molecule has 1 rings (SSSR count). The summed E-state index contributed by atoms with van der Waals surface area (Å²) in [5.41, 5.74) is -0.0447. The van der Waals surface area contributed by atoms with Gasteiger partial charge in [-0.05, 0) is 11.4 Å². The van der Waals surface area contributed by atoms with Crippen molar-refractivity contribution in [3.8, 4) is 0 Å². The highest BCUT2D eigenvalue weighted by molar-refractivity contribution is 7.12. The lowest BCUT2D eigenvalue weighted by Crippen LogP contribution is -2.36. The van der Waals surface area contributed by atoms with Gasteiger partial charge < -0.3 is 20.3 Å². The number of hydrogen-bond acceptors (Lipinski definition) is 5. The Morgan fingerprint density at radius 2 is 2.07 bits per heavy atom. The van der Waals surface area contributed by atoms with Crippen LogP contribution in [-0.2, 0) is 9.59 Å². The molecule has 1 heterocycles. The first-order valence-corrected chi connectivity index (χ1v) is 4.23. The number of amides is 1. The van der Waals surface area contributed by atoms with Crippen LogP contribution in [0.5, 0.6) is 0 Å². The number of aliphatic carboxylic acids is 1. The molecule has 0 aromatic carbocycles. The van der Waals surface area contributed by atoms with Gasteiger partial charge in [-0.1, -0.05) is 0 Å². The predicted octanol–water partition coefficient (Wildman–Crippen LogP) is -0.865. The molecule has 0 aliphatic rings. The predicted molar refractivity (Wildman–Crippen MR) is 44.9 cm³/mol. The average molecular weight is 214 g/mol. The zero-order chi connectivity index (χ0) is 10.7. The maximum Gasteiger partial charge on any atom is 0.348 e. The molecular weight excluding hydrogens is 210 g/mol. The van der Waals surface area contributed by atoms with E-state index in [9.17, 15) is 19.5 Å². The summed E-state index contributed by atoms with van der Waals surface area (Å²) >= 11 is 0.884. The summed E-state index contributed by atoms with van der Waals surface area (Å²) in [5, 5.41) is 22.0. The van der Waals surface area contributed by atoms with Crippen LogP contribution >= 0.6 is 11.3 Å². The molecule has 0 aliphatic heterocycles. The molecule has 1 aromatic rings. The average Bonchev–Trinajstić information content (AvgIpc) is 2.52. The van der Waals surface area contributed by atoms with E-state index < -0.39 is 17.8 Å². The third-order valence-electron chi connectivity index (χ3n) is 1.29. The molecule has 1 aromatic heterocycles. The SMILES string of the molecule is O=C([O-])C(=O)Nc1ccsc1C(=O)O. The Kier molecular flexibility index (Phi) is 2.82. The van der Waals surface area contributed by atoms with Crippen LogP contribution in [0.3, 0.4) is 0 Å². The standard InChI is InChI=1S/C7H5NO5S/c9-5(7(12)13)8-3-1-2-14-4(3)6(10)11/h1-2H,(H,8,9)(H,10,11)(H,12,13)/p-1. The van der Waals surface area contributed by atoms with E-state index in [1.165, 1.54) is 11.4 Å². The van der Waals surface area contributed by atoms with E-state index in [2.05, 4.69) is 0 Å². The minimum Gasteiger partial charge on any atom is -0.540 e. The third-order valence-corrected chi connectivity index (χ3v) is 2.20. The summed E-state index contributed by atoms with van der Waals surface area (Å²) < 4.78 is 0. The molecule has 0 bridgehead atoms. The van der Waals surface area contributed by atoms with Gasteiger partial charge in [0.15, 0.2) is 0 Å². The lowest BCUT2D eigenvalue weighted by atomic mass is 10.4. The highest BCUT2D eigenvalue weighted by atomic mass is 32.1. The second-order valence-corrected chi connectivity index (χ2v) is 3.13. The molecule has 6 nitrogen and oxygen atoms in total. The van der Waals surface area contributed by atoms with E-state index in [-0.39, 0.29) is 10.6 Å². The smallest absolute Gasteiger partial charge is 0.348 e. The van der Waals surface area contributed by atoms with Crippen molar-refractivity contribution in [2.24, 2.45) is 0 Å². The summed E-state index contributed by atoms with van der Waals surface area (Å²) in [7, 11) is 0. The van der Waals surface area contributed by atoms with Crippen molar-refractivity contribution in [3.63, 3.8) is 0 Å². The Balaban J connectivity index is 2.87. The number of rotatable bonds is 2. The van der Waals surface area contributed by atoms with Crippen molar-refractivity contribution in [3.05, 3.63) is 16.3 Å². The van der Waals surface area contributed by atoms with Crippen LogP contribution in [0.4, 0.5) is 5.69 Å². The molecule has 0 unspecified atom stereocenters. The van der Waals surface area contributed by atoms with E-state index in [1.54, 1.807) is 0 Å². The van der Waals surface area contributed by atoms with Crippen molar-refractivity contribution in [1.82, 2.24) is 0 Å². The molecule has 74 valence electrons. The number of aromatic carboxylic acids is 1. The topological polar surface area (TPSA) is 107 Å². The molecule has 0 atom stereocenters. The van der Waals surface area contributed by atoms with E-state index in [1.807, 2.05) is 5.32 Å². The van der Waals surface area contributed by atoms with Crippen LogP contribution in [0.15, 0.2) is 11.4 Å². The number of nitrogens with one attached hydrogen (secondary N) is 1. The molecular formula is C7H4NO5S-. The molecule has 0 aliphatic carbocycles. The fraction of sp³-hybridized carbons (Fsp3) is 0. The first kappa shape index (κ1) is 10.2. The number of carboxylic acids is 2. The monoisotopic (exact) mass is 214 g/mol. The zero-order valence-electron chi connectivity index (χ0n) is 6.64. The molecule has 0 saturated carbocycles. The van der Waals surface area contributed by atoms with Gasteiger partial charge in [0.05, 0.1) is 5.69 Å². The van der Waals surface area contributed by atoms with E-state index in [0.717, 1.165) is 11.3 Å². The number of anilines is 1. The summed E-state index contributed by atoms with van der Waals surface area (Å²) in [6.45, 7) is 0. The van der Waals surface area contributed by atoms with E-state index in [4.69, 9.17) is 5.11 Å². The van der Waals surface area contributed by atoms with Gasteiger partial charge in [0, 0.05) is 0 Å². The molecule has 0 spiro atoms. The lowest BCUT2D eigenvalue weighted by Gasteiger charge is -2.03. The zero-order valence-corrected chi connectivity index (χ0v) is 7.46. The Morgan fingerprint density at radius 1 is 1.43 bits per heavy atom. The number of carbonyl (C=O) groups excluding carboxylic acids is 2. The molecule has 7 heteroatoms. The van der Waals surface area contributed by atoms with Gasteiger partial charge >= 0.3 is 5.97 Å². The minimum atomic E-state index is -1.91. The fourth-order valence-corrected chi connectivity index (χ4v) is 1.43. The van der Waals surface area contributed by atoms with Crippen molar-refractivity contribution in [1.29, 1.82) is 0 Å². The van der Waals surface area contributed by atoms with Crippen molar-refractivity contribution in [2.75, 3.05) is 5.32 Å². The Morgan fingerprint density at radius 3 is 2.57 bits per heavy atom. The fourth-order valence-electron chi connectivity index (χ4n) is 0.747. The Labute approximate surface area is 81.8 Å². The van der Waals surface area contributed by atoms with E-state index in [0.29, 0.717) is 0 Å². The van der Waals surface area contributed by atoms with Crippen LogP contribution in [0.25, 0.3) is 0 Å². The maximum absolute atomic E-state index is 10.6. The van der Waals surface area contributed by atoms with Crippen LogP contribution in [0, 0.1) is 0 Å². The van der Waals surface area contributed by atoms with Crippen LogP contribution in [0.1, 0.15) is 9.67 Å². The first-order chi connectivity index (χ1) is 6.52. The Hall–Kier alpha value is -1.89. The molecule has 14 heavy (non-hydrogen) atoms. The van der Waals surface area contributed by atoms with Gasteiger partial charge in [-0.3, -0.25) is 4.79 Å². The van der Waals surface area contributed by atoms with E-state index >= 15 is 0 Å². The number of hydrogen-bond donors (Lipinski definition) is 2. The summed E-state index contributed by atoms with van der Waals surface area (Å²) in [5.74, 6) is -4.51. The van der Waals surface area contributed by atoms with Gasteiger partial charge in [0.2, 0.25) is 0 Å². The summed E-state index contributed by atoms with van der Waals surface area (Å²) in [6, 6.07) is 1.30. The highest BCUT2D eigenvalue weighted by Gasteiger charge is 2.13. The summed E-state index contributed by atoms with van der Waals surface area (Å²) in [4.78, 5) is 31.1. The number of carbonyl (C=O) groups is 3. The molecule has 0 radical (unpaired) electrons. The quantitative estimate of drug-likeness (QED) is 0.622. The lowest BCUT2D eigenvalue weighted by molar-refractivity contribution is -0.299. The van der Waals surface area contributed by atoms with Gasteiger partial charge in [-0.25, -0.2) is 4.79 Å². The molecule has 1 amide bonds. The van der Waals surface area contributed by atoms with Gasteiger partial charge in [0.25, 0.3) is 5.91 Å². The van der Waals surface area contributed by atoms with Crippen molar-refractivity contribution < 1.29 is 24.6 Å². The second kappa shape index (κ2) is 3.88. The van der Waals surface area contributed by atoms with Crippen LogP contribution in [-0.4, -0.2) is 23.0 Å². The van der Waals surface area contributed by atoms with Gasteiger partial charge in [-0.15, -0.1) is 11.3 Å². The number of thiophene rings is 1. The molecule has 0 saturated heterocycles. The van der Waals surface area contributed by atoms with Gasteiger partial charge in [0.1, 0.15) is 10.8 Å². The molecule has 2 N–H and O–H groups in total. The van der Waals surface area contributed by atoms with Crippen molar-refractivity contribution >= 4 is 34.9 Å². The summed E-state index contributed by atoms with van der Waals surface area (Å²) in [6.07, 6.45) is 0. The largest absolute Gasteiger partial charge is 0.540 e.